The number of hydrogen-bond donors (Lipinski definition) is 2. The Morgan fingerprint density at radius 1 is 1.47 bits per heavy atom. The summed E-state index contributed by atoms with van der Waals surface area (Å²) >= 11 is 0. The van der Waals surface area contributed by atoms with Gasteiger partial charge in [0.2, 0.25) is 6.41 Å². The fourth-order valence-corrected chi connectivity index (χ4v) is 1.47. The molecule has 0 aliphatic rings. The van der Waals surface area contributed by atoms with Crippen molar-refractivity contribution in [3.05, 3.63) is 42.2 Å². The van der Waals surface area contributed by atoms with Crippen LogP contribution in [0.2, 0.25) is 0 Å². The van der Waals surface area contributed by atoms with Gasteiger partial charge in [0.1, 0.15) is 0 Å². The molecule has 2 rings (SSSR count). The van der Waals surface area contributed by atoms with Gasteiger partial charge in [-0.1, -0.05) is 0 Å². The summed E-state index contributed by atoms with van der Waals surface area (Å²) in [6.07, 6.45) is 3.77. The number of carboxylic acids is 1. The lowest BCUT2D eigenvalue weighted by molar-refractivity contribution is -0.105. The fourth-order valence-electron chi connectivity index (χ4n) is 1.47. The van der Waals surface area contributed by atoms with E-state index in [-0.39, 0.29) is 11.3 Å². The predicted octanol–water partition coefficient (Wildman–Crippen LogP) is 1.14. The van der Waals surface area contributed by atoms with Crippen LogP contribution in [0.25, 0.3) is 5.69 Å². The third-order valence-electron chi connectivity index (χ3n) is 2.22. The first-order valence-corrected chi connectivity index (χ1v) is 4.80. The van der Waals surface area contributed by atoms with E-state index in [9.17, 15) is 9.59 Å². The Morgan fingerprint density at radius 3 is 2.88 bits per heavy atom. The molecule has 0 radical (unpaired) electrons. The smallest absolute Gasteiger partial charge is 0.337 e. The molecule has 86 valence electrons. The summed E-state index contributed by atoms with van der Waals surface area (Å²) < 4.78 is 1.57. The molecule has 2 aromatic rings. The molecule has 0 spiro atoms. The van der Waals surface area contributed by atoms with Crippen LogP contribution < -0.4 is 5.32 Å². The molecule has 1 aromatic carbocycles. The van der Waals surface area contributed by atoms with Gasteiger partial charge in [0.25, 0.3) is 0 Å². The zero-order chi connectivity index (χ0) is 12.3. The highest BCUT2D eigenvalue weighted by atomic mass is 16.4. The molecule has 1 amide bonds. The van der Waals surface area contributed by atoms with Crippen molar-refractivity contribution in [2.24, 2.45) is 0 Å². The van der Waals surface area contributed by atoms with Gasteiger partial charge in [0.15, 0.2) is 0 Å². The van der Waals surface area contributed by atoms with E-state index >= 15 is 0 Å². The first kappa shape index (κ1) is 10.9. The van der Waals surface area contributed by atoms with Gasteiger partial charge in [-0.2, -0.15) is 5.10 Å². The lowest BCUT2D eigenvalue weighted by Crippen LogP contribution is -2.06. The number of carboxylic acid groups (broad SMARTS) is 1. The van der Waals surface area contributed by atoms with Gasteiger partial charge in [0.05, 0.1) is 16.9 Å². The average molecular weight is 231 g/mol. The van der Waals surface area contributed by atoms with Crippen LogP contribution in [-0.2, 0) is 4.79 Å². The number of rotatable bonds is 4. The summed E-state index contributed by atoms with van der Waals surface area (Å²) in [4.78, 5) is 21.3. The van der Waals surface area contributed by atoms with Gasteiger partial charge < -0.3 is 10.4 Å². The van der Waals surface area contributed by atoms with Crippen molar-refractivity contribution in [3.8, 4) is 5.69 Å². The van der Waals surface area contributed by atoms with Crippen molar-refractivity contribution < 1.29 is 14.7 Å². The van der Waals surface area contributed by atoms with E-state index in [1.807, 2.05) is 0 Å². The van der Waals surface area contributed by atoms with Crippen LogP contribution in [0.4, 0.5) is 5.69 Å². The highest BCUT2D eigenvalue weighted by Crippen LogP contribution is 2.19. The van der Waals surface area contributed by atoms with Crippen LogP contribution in [0.5, 0.6) is 0 Å². The van der Waals surface area contributed by atoms with Crippen molar-refractivity contribution in [2.75, 3.05) is 5.32 Å². The number of aromatic carboxylic acids is 1. The Balaban J connectivity index is 2.49. The monoisotopic (exact) mass is 231 g/mol. The Bertz CT molecular complexity index is 549. The van der Waals surface area contributed by atoms with Crippen LogP contribution in [-0.4, -0.2) is 27.3 Å². The van der Waals surface area contributed by atoms with E-state index in [1.165, 1.54) is 6.07 Å². The van der Waals surface area contributed by atoms with Crippen molar-refractivity contribution >= 4 is 18.1 Å². The number of aromatic nitrogens is 2. The predicted molar refractivity (Wildman–Crippen MR) is 60.2 cm³/mol. The maximum atomic E-state index is 10.9. The molecule has 0 atom stereocenters. The van der Waals surface area contributed by atoms with Gasteiger partial charge in [-0.15, -0.1) is 0 Å². The minimum Gasteiger partial charge on any atom is -0.478 e. The SMILES string of the molecule is O=CNc1cc(-n2cccn2)ccc1C(=O)O. The zero-order valence-electron chi connectivity index (χ0n) is 8.70. The molecule has 1 aromatic heterocycles. The number of nitrogens with zero attached hydrogens (tertiary/aromatic N) is 2. The van der Waals surface area contributed by atoms with Gasteiger partial charge in [-0.05, 0) is 24.3 Å². The van der Waals surface area contributed by atoms with Crippen molar-refractivity contribution in [1.29, 1.82) is 0 Å². The molecule has 0 fully saturated rings. The summed E-state index contributed by atoms with van der Waals surface area (Å²) in [6.45, 7) is 0. The number of hydrogen-bond acceptors (Lipinski definition) is 3. The number of carbonyl (C=O) groups excluding carboxylic acids is 1. The molecular formula is C11H9N3O3. The number of benzene rings is 1. The molecule has 2 N–H and O–H groups in total. The molecule has 0 saturated heterocycles. The zero-order valence-corrected chi connectivity index (χ0v) is 8.70. The molecule has 0 aliphatic heterocycles. The van der Waals surface area contributed by atoms with Gasteiger partial charge >= 0.3 is 5.97 Å². The summed E-state index contributed by atoms with van der Waals surface area (Å²) in [5.41, 5.74) is 0.942. The summed E-state index contributed by atoms with van der Waals surface area (Å²) in [5.74, 6) is -1.10. The third kappa shape index (κ3) is 2.15. The van der Waals surface area contributed by atoms with Crippen LogP contribution in [0.3, 0.4) is 0 Å². The molecule has 17 heavy (non-hydrogen) atoms. The Morgan fingerprint density at radius 2 is 2.29 bits per heavy atom. The molecular weight excluding hydrogens is 222 g/mol. The van der Waals surface area contributed by atoms with E-state index in [0.29, 0.717) is 12.1 Å². The minimum atomic E-state index is -1.10. The summed E-state index contributed by atoms with van der Waals surface area (Å²) in [7, 11) is 0. The molecule has 0 saturated carbocycles. The van der Waals surface area contributed by atoms with Gasteiger partial charge in [-0.3, -0.25) is 4.79 Å². The lowest BCUT2D eigenvalue weighted by atomic mass is 10.1. The third-order valence-corrected chi connectivity index (χ3v) is 2.22. The molecule has 0 aliphatic carbocycles. The number of amides is 1. The summed E-state index contributed by atoms with van der Waals surface area (Å²) in [5, 5.41) is 15.3. The van der Waals surface area contributed by atoms with Gasteiger partial charge in [-0.25, -0.2) is 9.48 Å². The van der Waals surface area contributed by atoms with Gasteiger partial charge in [0, 0.05) is 12.4 Å². The van der Waals surface area contributed by atoms with Crippen molar-refractivity contribution in [1.82, 2.24) is 9.78 Å². The second-order valence-electron chi connectivity index (χ2n) is 3.25. The Hall–Kier alpha value is -2.63. The normalized spacial score (nSPS) is 9.88. The Kier molecular flexibility index (Phi) is 2.87. The maximum absolute atomic E-state index is 10.9. The van der Waals surface area contributed by atoms with E-state index in [0.717, 1.165) is 0 Å². The van der Waals surface area contributed by atoms with Crippen molar-refractivity contribution in [2.45, 2.75) is 0 Å². The molecule has 6 heteroatoms. The summed E-state index contributed by atoms with van der Waals surface area (Å²) in [6, 6.07) is 6.33. The second-order valence-corrected chi connectivity index (χ2v) is 3.25. The van der Waals surface area contributed by atoms with Crippen LogP contribution >= 0.6 is 0 Å². The number of carbonyl (C=O) groups is 2. The van der Waals surface area contributed by atoms with E-state index in [1.54, 1.807) is 35.3 Å². The highest BCUT2D eigenvalue weighted by Gasteiger charge is 2.10. The second kappa shape index (κ2) is 4.48. The van der Waals surface area contributed by atoms with Crippen LogP contribution in [0.1, 0.15) is 10.4 Å². The maximum Gasteiger partial charge on any atom is 0.337 e. The van der Waals surface area contributed by atoms with E-state index < -0.39 is 5.97 Å². The average Bonchev–Trinajstić information content (AvgIpc) is 2.82. The largest absolute Gasteiger partial charge is 0.478 e. The van der Waals surface area contributed by atoms with E-state index in [4.69, 9.17) is 5.11 Å². The first-order valence-electron chi connectivity index (χ1n) is 4.80. The first-order chi connectivity index (χ1) is 8.22. The van der Waals surface area contributed by atoms with E-state index in [2.05, 4.69) is 10.4 Å². The number of nitrogens with one attached hydrogen (secondary N) is 1. The minimum absolute atomic E-state index is 0.0352. The number of anilines is 1. The van der Waals surface area contributed by atoms with Crippen LogP contribution in [0.15, 0.2) is 36.7 Å². The molecule has 0 bridgehead atoms. The molecule has 6 nitrogen and oxygen atoms in total. The lowest BCUT2D eigenvalue weighted by Gasteiger charge is -2.07. The topological polar surface area (TPSA) is 84.2 Å². The van der Waals surface area contributed by atoms with Crippen LogP contribution in [0, 0.1) is 0 Å². The Labute approximate surface area is 96.5 Å². The molecule has 1 heterocycles. The molecule has 0 unspecified atom stereocenters. The quantitative estimate of drug-likeness (QED) is 0.773. The fraction of sp³-hybridized carbons (Fsp3) is 0. The van der Waals surface area contributed by atoms with Crippen molar-refractivity contribution in [3.63, 3.8) is 0 Å². The highest BCUT2D eigenvalue weighted by molar-refractivity contribution is 5.97. The standard InChI is InChI=1S/C11H9N3O3/c15-7-12-10-6-8(14-5-1-4-13-14)2-3-9(10)11(16)17/h1-7H,(H,12,15)(H,16,17).